The van der Waals surface area contributed by atoms with Crippen LogP contribution in [0, 0.1) is 0 Å². The van der Waals surface area contributed by atoms with Crippen LogP contribution in [0.25, 0.3) is 0 Å². The van der Waals surface area contributed by atoms with Gasteiger partial charge in [-0.15, -0.1) is 12.4 Å². The van der Waals surface area contributed by atoms with E-state index < -0.39 is 0 Å². The number of rotatable bonds is 4. The van der Waals surface area contributed by atoms with Crippen molar-refractivity contribution in [3.05, 3.63) is 0 Å². The third-order valence-corrected chi connectivity index (χ3v) is 3.89. The van der Waals surface area contributed by atoms with Crippen LogP contribution in [0.15, 0.2) is 0 Å². The third-order valence-electron chi connectivity index (χ3n) is 3.89. The van der Waals surface area contributed by atoms with Gasteiger partial charge in [0.15, 0.2) is 0 Å². The fraction of sp³-hybridized carbons (Fsp3) is 0.923. The second-order valence-corrected chi connectivity index (χ2v) is 5.06. The number of carbonyl (C=O) groups excluding carboxylic acids is 1. The second-order valence-electron chi connectivity index (χ2n) is 5.06. The van der Waals surface area contributed by atoms with Gasteiger partial charge >= 0.3 is 0 Å². The lowest BCUT2D eigenvalue weighted by atomic mass is 10.1. The van der Waals surface area contributed by atoms with Crippen LogP contribution >= 0.6 is 12.4 Å². The maximum atomic E-state index is 12.2. The van der Waals surface area contributed by atoms with Crippen LogP contribution < -0.4 is 5.32 Å². The zero-order valence-corrected chi connectivity index (χ0v) is 12.0. The molecule has 106 valence electrons. The van der Waals surface area contributed by atoms with E-state index in [9.17, 15) is 4.79 Å². The van der Waals surface area contributed by atoms with E-state index in [0.717, 1.165) is 25.9 Å². The number of halogens is 1. The average molecular weight is 277 g/mol. The van der Waals surface area contributed by atoms with E-state index in [1.807, 2.05) is 4.90 Å². The summed E-state index contributed by atoms with van der Waals surface area (Å²) in [5.41, 5.74) is 0. The zero-order valence-electron chi connectivity index (χ0n) is 11.2. The van der Waals surface area contributed by atoms with Crippen molar-refractivity contribution >= 4 is 18.3 Å². The van der Waals surface area contributed by atoms with Crippen LogP contribution in [0.2, 0.25) is 0 Å². The molecular weight excluding hydrogens is 252 g/mol. The van der Waals surface area contributed by atoms with Gasteiger partial charge in [-0.3, -0.25) is 4.79 Å². The van der Waals surface area contributed by atoms with Gasteiger partial charge in [0.05, 0.1) is 19.3 Å². The van der Waals surface area contributed by atoms with E-state index in [1.54, 1.807) is 0 Å². The highest BCUT2D eigenvalue weighted by molar-refractivity contribution is 5.85. The Kier molecular flexibility index (Phi) is 6.97. The SMILES string of the molecule is CCC1COCCN1C(=O)CCC1CCCN1.Cl. The van der Waals surface area contributed by atoms with Gasteiger partial charge in [-0.25, -0.2) is 0 Å². The zero-order chi connectivity index (χ0) is 12.1. The maximum absolute atomic E-state index is 12.2. The number of hydrogen-bond acceptors (Lipinski definition) is 3. The van der Waals surface area contributed by atoms with E-state index in [-0.39, 0.29) is 12.4 Å². The molecule has 2 aliphatic rings. The number of ether oxygens (including phenoxy) is 1. The molecule has 0 bridgehead atoms. The standard InChI is InChI=1S/C13H24N2O2.ClH/c1-2-12-10-17-9-8-15(12)13(16)6-5-11-4-3-7-14-11;/h11-12,14H,2-10H2,1H3;1H. The van der Waals surface area contributed by atoms with Gasteiger partial charge in [0, 0.05) is 19.0 Å². The number of carbonyl (C=O) groups is 1. The Balaban J connectivity index is 0.00000162. The Morgan fingerprint density at radius 1 is 1.50 bits per heavy atom. The van der Waals surface area contributed by atoms with Crippen LogP contribution in [-0.2, 0) is 9.53 Å². The first kappa shape index (κ1) is 15.7. The number of nitrogens with zero attached hydrogens (tertiary/aromatic N) is 1. The largest absolute Gasteiger partial charge is 0.377 e. The molecule has 2 unspecified atom stereocenters. The highest BCUT2D eigenvalue weighted by Crippen LogP contribution is 2.15. The molecule has 0 radical (unpaired) electrons. The fourth-order valence-corrected chi connectivity index (χ4v) is 2.77. The molecule has 2 aliphatic heterocycles. The first-order chi connectivity index (χ1) is 8.31. The van der Waals surface area contributed by atoms with Crippen LogP contribution in [-0.4, -0.2) is 49.2 Å². The second kappa shape index (κ2) is 7.97. The minimum Gasteiger partial charge on any atom is -0.377 e. The average Bonchev–Trinajstić information content (AvgIpc) is 2.89. The Hall–Kier alpha value is -0.320. The first-order valence-electron chi connectivity index (χ1n) is 6.92. The third kappa shape index (κ3) is 4.11. The van der Waals surface area contributed by atoms with Crippen molar-refractivity contribution < 1.29 is 9.53 Å². The highest BCUT2D eigenvalue weighted by atomic mass is 35.5. The van der Waals surface area contributed by atoms with Crippen molar-refractivity contribution in [2.75, 3.05) is 26.3 Å². The van der Waals surface area contributed by atoms with Crippen LogP contribution in [0.4, 0.5) is 0 Å². The molecule has 0 aromatic carbocycles. The number of morpholine rings is 1. The summed E-state index contributed by atoms with van der Waals surface area (Å²) >= 11 is 0. The molecule has 2 fully saturated rings. The molecule has 18 heavy (non-hydrogen) atoms. The predicted molar refractivity (Wildman–Crippen MR) is 74.1 cm³/mol. The van der Waals surface area contributed by atoms with Crippen molar-refractivity contribution in [3.8, 4) is 0 Å². The molecule has 2 atom stereocenters. The fourth-order valence-electron chi connectivity index (χ4n) is 2.77. The highest BCUT2D eigenvalue weighted by Gasteiger charge is 2.26. The number of hydrogen-bond donors (Lipinski definition) is 1. The van der Waals surface area contributed by atoms with Crippen molar-refractivity contribution in [2.45, 2.75) is 51.1 Å². The molecule has 0 spiro atoms. The van der Waals surface area contributed by atoms with Gasteiger partial charge in [0.2, 0.25) is 5.91 Å². The van der Waals surface area contributed by atoms with E-state index >= 15 is 0 Å². The van der Waals surface area contributed by atoms with Crippen molar-refractivity contribution in [1.82, 2.24) is 10.2 Å². The molecule has 0 saturated carbocycles. The molecule has 0 aliphatic carbocycles. The minimum atomic E-state index is 0. The van der Waals surface area contributed by atoms with Gasteiger partial charge < -0.3 is 15.0 Å². The first-order valence-corrected chi connectivity index (χ1v) is 6.92. The Morgan fingerprint density at radius 3 is 3.00 bits per heavy atom. The Morgan fingerprint density at radius 2 is 2.33 bits per heavy atom. The van der Waals surface area contributed by atoms with E-state index in [1.165, 1.54) is 12.8 Å². The molecule has 2 rings (SSSR count). The van der Waals surface area contributed by atoms with Gasteiger partial charge in [0.1, 0.15) is 0 Å². The normalized spacial score (nSPS) is 27.9. The molecule has 0 aromatic heterocycles. The summed E-state index contributed by atoms with van der Waals surface area (Å²) < 4.78 is 5.43. The molecular formula is C13H25ClN2O2. The Bertz CT molecular complexity index is 257. The van der Waals surface area contributed by atoms with Crippen molar-refractivity contribution in [3.63, 3.8) is 0 Å². The molecule has 2 saturated heterocycles. The minimum absolute atomic E-state index is 0. The summed E-state index contributed by atoms with van der Waals surface area (Å²) in [6.07, 6.45) is 5.16. The van der Waals surface area contributed by atoms with Gasteiger partial charge in [-0.2, -0.15) is 0 Å². The lowest BCUT2D eigenvalue weighted by Crippen LogP contribution is -2.48. The monoisotopic (exact) mass is 276 g/mol. The summed E-state index contributed by atoms with van der Waals surface area (Å²) in [5.74, 6) is 0.314. The quantitative estimate of drug-likeness (QED) is 0.848. The lowest BCUT2D eigenvalue weighted by molar-refractivity contribution is -0.140. The van der Waals surface area contributed by atoms with Crippen molar-refractivity contribution in [2.24, 2.45) is 0 Å². The number of amides is 1. The summed E-state index contributed by atoms with van der Waals surface area (Å²) in [7, 11) is 0. The molecule has 1 amide bonds. The lowest BCUT2D eigenvalue weighted by Gasteiger charge is -2.35. The van der Waals surface area contributed by atoms with Gasteiger partial charge in [-0.1, -0.05) is 6.92 Å². The summed E-state index contributed by atoms with van der Waals surface area (Å²) in [6, 6.07) is 0.868. The van der Waals surface area contributed by atoms with E-state index in [4.69, 9.17) is 4.74 Å². The van der Waals surface area contributed by atoms with Crippen LogP contribution in [0.3, 0.4) is 0 Å². The molecule has 1 N–H and O–H groups in total. The smallest absolute Gasteiger partial charge is 0.223 e. The van der Waals surface area contributed by atoms with E-state index in [0.29, 0.717) is 37.6 Å². The Labute approximate surface area is 116 Å². The van der Waals surface area contributed by atoms with Gasteiger partial charge in [0.25, 0.3) is 0 Å². The molecule has 5 heteroatoms. The van der Waals surface area contributed by atoms with Crippen LogP contribution in [0.1, 0.15) is 39.0 Å². The predicted octanol–water partition coefficient (Wildman–Crippen LogP) is 1.58. The molecule has 4 nitrogen and oxygen atoms in total. The summed E-state index contributed by atoms with van der Waals surface area (Å²) in [5, 5.41) is 3.44. The van der Waals surface area contributed by atoms with Gasteiger partial charge in [-0.05, 0) is 32.2 Å². The number of nitrogens with one attached hydrogen (secondary N) is 1. The molecule has 2 heterocycles. The van der Waals surface area contributed by atoms with Crippen molar-refractivity contribution in [1.29, 1.82) is 0 Å². The van der Waals surface area contributed by atoms with Crippen LogP contribution in [0.5, 0.6) is 0 Å². The molecule has 0 aromatic rings. The summed E-state index contributed by atoms with van der Waals surface area (Å²) in [4.78, 5) is 14.2. The summed E-state index contributed by atoms with van der Waals surface area (Å²) in [6.45, 7) is 5.43. The maximum Gasteiger partial charge on any atom is 0.223 e. The van der Waals surface area contributed by atoms with E-state index in [2.05, 4.69) is 12.2 Å². The topological polar surface area (TPSA) is 41.6 Å².